The highest BCUT2D eigenvalue weighted by atomic mass is 79.9. The largest absolute Gasteiger partial charge is 0.236 e. The third-order valence-corrected chi connectivity index (χ3v) is 5.63. The summed E-state index contributed by atoms with van der Waals surface area (Å²) in [6.07, 6.45) is 1.10. The van der Waals surface area contributed by atoms with Gasteiger partial charge in [-0.05, 0) is 30.0 Å². The van der Waals surface area contributed by atoms with Gasteiger partial charge in [-0.1, -0.05) is 59.3 Å². The highest BCUT2D eigenvalue weighted by Gasteiger charge is 2.25. The quantitative estimate of drug-likeness (QED) is 0.529. The Labute approximate surface area is 136 Å². The van der Waals surface area contributed by atoms with E-state index in [0.29, 0.717) is 5.92 Å². The highest BCUT2D eigenvalue weighted by molar-refractivity contribution is 9.10. The number of rotatable bonds is 1. The summed E-state index contributed by atoms with van der Waals surface area (Å²) in [7, 11) is 0. The molecule has 0 fully saturated rings. The SMILES string of the molecule is CC1Cc2sc(-c3cccc(Br)c3)nc2-c2ccccc21. The molecule has 0 saturated heterocycles. The monoisotopic (exact) mass is 355 g/mol. The van der Waals surface area contributed by atoms with E-state index in [-0.39, 0.29) is 0 Å². The number of hydrogen-bond donors (Lipinski definition) is 0. The molecule has 0 N–H and O–H groups in total. The molecule has 0 bridgehead atoms. The van der Waals surface area contributed by atoms with Gasteiger partial charge in [0.25, 0.3) is 0 Å². The van der Waals surface area contributed by atoms with Crippen molar-refractivity contribution in [1.82, 2.24) is 4.98 Å². The Morgan fingerprint density at radius 2 is 2.00 bits per heavy atom. The number of fused-ring (bicyclic) bond motifs is 3. The number of benzene rings is 2. The van der Waals surface area contributed by atoms with Crippen molar-refractivity contribution in [3.05, 3.63) is 63.4 Å². The number of aromatic nitrogens is 1. The second-order valence-electron chi connectivity index (χ2n) is 5.49. The summed E-state index contributed by atoms with van der Waals surface area (Å²) < 4.78 is 1.10. The van der Waals surface area contributed by atoms with Crippen LogP contribution in [-0.4, -0.2) is 4.98 Å². The molecule has 0 aliphatic heterocycles. The van der Waals surface area contributed by atoms with Gasteiger partial charge in [0.15, 0.2) is 0 Å². The fraction of sp³-hybridized carbons (Fsp3) is 0.167. The van der Waals surface area contributed by atoms with Crippen molar-refractivity contribution in [3.63, 3.8) is 0 Å². The summed E-state index contributed by atoms with van der Waals surface area (Å²) in [5.41, 5.74) is 5.11. The standard InChI is InChI=1S/C18H14BrNS/c1-11-9-16-17(15-8-3-2-7-14(11)15)20-18(21-16)12-5-4-6-13(19)10-12/h2-8,10-11H,9H2,1H3. The van der Waals surface area contributed by atoms with E-state index in [1.54, 1.807) is 0 Å². The molecule has 21 heavy (non-hydrogen) atoms. The van der Waals surface area contributed by atoms with Crippen LogP contribution < -0.4 is 0 Å². The molecule has 1 heterocycles. The van der Waals surface area contributed by atoms with Gasteiger partial charge in [0, 0.05) is 20.5 Å². The average Bonchev–Trinajstić information content (AvgIpc) is 2.92. The first-order chi connectivity index (χ1) is 10.2. The van der Waals surface area contributed by atoms with Gasteiger partial charge in [0.1, 0.15) is 5.01 Å². The third-order valence-electron chi connectivity index (χ3n) is 4.01. The van der Waals surface area contributed by atoms with Crippen molar-refractivity contribution in [3.8, 4) is 21.8 Å². The molecule has 1 atom stereocenters. The van der Waals surface area contributed by atoms with Gasteiger partial charge in [-0.2, -0.15) is 0 Å². The predicted molar refractivity (Wildman–Crippen MR) is 92.8 cm³/mol. The minimum Gasteiger partial charge on any atom is -0.236 e. The first-order valence-electron chi connectivity index (χ1n) is 7.07. The smallest absolute Gasteiger partial charge is 0.124 e. The van der Waals surface area contributed by atoms with Crippen LogP contribution in [0.5, 0.6) is 0 Å². The van der Waals surface area contributed by atoms with Crippen molar-refractivity contribution in [2.75, 3.05) is 0 Å². The van der Waals surface area contributed by atoms with E-state index in [0.717, 1.165) is 15.9 Å². The number of thiazole rings is 1. The van der Waals surface area contributed by atoms with Gasteiger partial charge in [-0.15, -0.1) is 11.3 Å². The molecular formula is C18H14BrNS. The maximum atomic E-state index is 4.94. The number of hydrogen-bond acceptors (Lipinski definition) is 2. The molecule has 4 rings (SSSR count). The van der Waals surface area contributed by atoms with Crippen LogP contribution in [0.1, 0.15) is 23.3 Å². The molecular weight excluding hydrogens is 342 g/mol. The second-order valence-corrected chi connectivity index (χ2v) is 7.49. The van der Waals surface area contributed by atoms with Gasteiger partial charge in [0.05, 0.1) is 5.69 Å². The lowest BCUT2D eigenvalue weighted by Gasteiger charge is -2.21. The fourth-order valence-corrected chi connectivity index (χ4v) is 4.58. The molecule has 1 aliphatic rings. The van der Waals surface area contributed by atoms with Crippen molar-refractivity contribution >= 4 is 27.3 Å². The summed E-state index contributed by atoms with van der Waals surface area (Å²) in [5, 5.41) is 1.12. The maximum absolute atomic E-state index is 4.94. The van der Waals surface area contributed by atoms with Gasteiger partial charge in [-0.25, -0.2) is 4.98 Å². The summed E-state index contributed by atoms with van der Waals surface area (Å²) >= 11 is 5.38. The van der Waals surface area contributed by atoms with Crippen LogP contribution in [0.2, 0.25) is 0 Å². The summed E-state index contributed by atoms with van der Waals surface area (Å²) in [6, 6.07) is 17.1. The second kappa shape index (κ2) is 5.08. The summed E-state index contributed by atoms with van der Waals surface area (Å²) in [6.45, 7) is 2.31. The van der Waals surface area contributed by atoms with Gasteiger partial charge < -0.3 is 0 Å². The summed E-state index contributed by atoms with van der Waals surface area (Å²) in [5.74, 6) is 0.574. The van der Waals surface area contributed by atoms with Crippen LogP contribution in [-0.2, 0) is 6.42 Å². The van der Waals surface area contributed by atoms with Gasteiger partial charge in [0.2, 0.25) is 0 Å². The van der Waals surface area contributed by atoms with Crippen molar-refractivity contribution in [2.24, 2.45) is 0 Å². The van der Waals surface area contributed by atoms with Crippen LogP contribution in [0, 0.1) is 0 Å². The Hall–Kier alpha value is -1.45. The Morgan fingerprint density at radius 1 is 1.14 bits per heavy atom. The Kier molecular flexibility index (Phi) is 3.20. The van der Waals surface area contributed by atoms with Crippen LogP contribution in [0.4, 0.5) is 0 Å². The minimum atomic E-state index is 0.574. The molecule has 1 aromatic heterocycles. The molecule has 0 spiro atoms. The zero-order valence-electron chi connectivity index (χ0n) is 11.6. The molecule has 1 unspecified atom stereocenters. The normalized spacial score (nSPS) is 16.4. The first kappa shape index (κ1) is 13.2. The molecule has 0 radical (unpaired) electrons. The molecule has 104 valence electrons. The Morgan fingerprint density at radius 3 is 2.86 bits per heavy atom. The lowest BCUT2D eigenvalue weighted by atomic mass is 9.86. The molecule has 3 aromatic rings. The van der Waals surface area contributed by atoms with Crippen molar-refractivity contribution < 1.29 is 0 Å². The van der Waals surface area contributed by atoms with E-state index >= 15 is 0 Å². The zero-order valence-corrected chi connectivity index (χ0v) is 14.0. The van der Waals surface area contributed by atoms with Crippen molar-refractivity contribution in [2.45, 2.75) is 19.3 Å². The van der Waals surface area contributed by atoms with E-state index in [1.165, 1.54) is 27.3 Å². The van der Waals surface area contributed by atoms with E-state index in [9.17, 15) is 0 Å². The van der Waals surface area contributed by atoms with Crippen molar-refractivity contribution in [1.29, 1.82) is 0 Å². The third kappa shape index (κ3) is 2.25. The lowest BCUT2D eigenvalue weighted by Crippen LogP contribution is -2.06. The predicted octanol–water partition coefficient (Wildman–Crippen LogP) is 5.90. The van der Waals surface area contributed by atoms with Crippen LogP contribution >= 0.6 is 27.3 Å². The first-order valence-corrected chi connectivity index (χ1v) is 8.68. The number of nitrogens with zero attached hydrogens (tertiary/aromatic N) is 1. The zero-order chi connectivity index (χ0) is 14.4. The molecule has 1 nitrogen and oxygen atoms in total. The van der Waals surface area contributed by atoms with Gasteiger partial charge >= 0.3 is 0 Å². The molecule has 3 heteroatoms. The van der Waals surface area contributed by atoms with E-state index in [4.69, 9.17) is 4.98 Å². The van der Waals surface area contributed by atoms with Crippen LogP contribution in [0.3, 0.4) is 0 Å². The molecule has 0 saturated carbocycles. The van der Waals surface area contributed by atoms with Crippen LogP contribution in [0.25, 0.3) is 21.8 Å². The maximum Gasteiger partial charge on any atom is 0.124 e. The molecule has 1 aliphatic carbocycles. The summed E-state index contributed by atoms with van der Waals surface area (Å²) in [4.78, 5) is 6.35. The fourth-order valence-electron chi connectivity index (χ4n) is 2.98. The lowest BCUT2D eigenvalue weighted by molar-refractivity contribution is 0.757. The number of halogens is 1. The average molecular weight is 356 g/mol. The molecule has 0 amide bonds. The van der Waals surface area contributed by atoms with Crippen LogP contribution in [0.15, 0.2) is 53.0 Å². The molecule has 2 aromatic carbocycles. The minimum absolute atomic E-state index is 0.574. The Bertz CT molecular complexity index is 822. The highest BCUT2D eigenvalue weighted by Crippen LogP contribution is 2.43. The van der Waals surface area contributed by atoms with E-state index in [2.05, 4.69) is 65.3 Å². The Balaban J connectivity index is 1.88. The van der Waals surface area contributed by atoms with E-state index in [1.807, 2.05) is 17.4 Å². The van der Waals surface area contributed by atoms with E-state index < -0.39 is 0 Å². The van der Waals surface area contributed by atoms with Gasteiger partial charge in [-0.3, -0.25) is 0 Å². The topological polar surface area (TPSA) is 12.9 Å².